The number of hydrogen-bond acceptors (Lipinski definition) is 13. The number of anilines is 3. The van der Waals surface area contributed by atoms with E-state index in [2.05, 4.69) is 60.6 Å². The quantitative estimate of drug-likeness (QED) is 0.127. The van der Waals surface area contributed by atoms with Crippen LogP contribution in [0.15, 0.2) is 85.3 Å². The van der Waals surface area contributed by atoms with Gasteiger partial charge in [-0.25, -0.2) is 14.8 Å². The summed E-state index contributed by atoms with van der Waals surface area (Å²) in [4.78, 5) is 35.1. The number of nitriles is 1. The van der Waals surface area contributed by atoms with Crippen molar-refractivity contribution in [1.82, 2.24) is 50.0 Å². The molecular formula is C38H41ClN14O3. The molecule has 0 radical (unpaired) electrons. The zero-order valence-corrected chi connectivity index (χ0v) is 31.2. The first-order valence-electron chi connectivity index (χ1n) is 18.3. The van der Waals surface area contributed by atoms with Gasteiger partial charge >= 0.3 is 6.03 Å². The van der Waals surface area contributed by atoms with E-state index >= 15 is 0 Å². The van der Waals surface area contributed by atoms with Crippen LogP contribution in [0.5, 0.6) is 0 Å². The minimum atomic E-state index is -1.15. The molecule has 6 aromatic rings. The van der Waals surface area contributed by atoms with Crippen LogP contribution in [0.4, 0.5) is 22.2 Å². The molecule has 1 saturated heterocycles. The zero-order chi connectivity index (χ0) is 37.9. The van der Waals surface area contributed by atoms with Crippen molar-refractivity contribution >= 4 is 47.1 Å². The molecule has 8 rings (SSSR count). The molecule has 2 amide bonds. The lowest BCUT2D eigenvalue weighted by Gasteiger charge is -2.22. The highest BCUT2D eigenvalue weighted by Gasteiger charge is 2.45. The van der Waals surface area contributed by atoms with Gasteiger partial charge in [0.05, 0.1) is 24.3 Å². The summed E-state index contributed by atoms with van der Waals surface area (Å²) >= 11 is 0. The van der Waals surface area contributed by atoms with Gasteiger partial charge in [0.25, 0.3) is 0 Å². The number of nitrogens with zero attached hydrogens (tertiary/aromatic N) is 11. The molecule has 2 aromatic carbocycles. The SMILES string of the molecule is CCc1nnn([C@H]2C[C@@H](n3cnc4c(NCC(c5ccccc5)c5ccccc5)nc(N5CC[C@@H](NC(=O)Nc6ccc(C#N)nc6)C5)nc43)[C@H](O)[C@@H]2O)n1.Cl. The summed E-state index contributed by atoms with van der Waals surface area (Å²) in [6.45, 7) is 3.45. The van der Waals surface area contributed by atoms with Gasteiger partial charge in [-0.05, 0) is 41.3 Å². The van der Waals surface area contributed by atoms with Gasteiger partial charge in [-0.3, -0.25) is 0 Å². The molecule has 2 aliphatic rings. The Hall–Kier alpha value is -6.22. The highest BCUT2D eigenvalue weighted by molar-refractivity contribution is 5.89. The van der Waals surface area contributed by atoms with Crippen LogP contribution in [-0.4, -0.2) is 98.8 Å². The maximum absolute atomic E-state index is 12.9. The van der Waals surface area contributed by atoms with Crippen molar-refractivity contribution in [2.45, 2.75) is 62.4 Å². The molecule has 1 saturated carbocycles. The molecule has 288 valence electrons. The average molecular weight is 777 g/mol. The number of carbonyl (C=O) groups is 1. The van der Waals surface area contributed by atoms with E-state index in [4.69, 9.17) is 20.2 Å². The smallest absolute Gasteiger partial charge is 0.319 e. The van der Waals surface area contributed by atoms with Crippen molar-refractivity contribution in [3.63, 3.8) is 0 Å². The van der Waals surface area contributed by atoms with Crippen molar-refractivity contribution in [1.29, 1.82) is 5.26 Å². The fraction of sp³-hybridized carbons (Fsp3) is 0.342. The normalized spacial score (nSPS) is 20.5. The van der Waals surface area contributed by atoms with Gasteiger partial charge in [0.15, 0.2) is 22.8 Å². The third kappa shape index (κ3) is 7.80. The van der Waals surface area contributed by atoms with Crippen LogP contribution in [0.25, 0.3) is 11.2 Å². The summed E-state index contributed by atoms with van der Waals surface area (Å²) in [5.74, 6) is 1.51. The Labute approximate surface area is 328 Å². The second-order valence-corrected chi connectivity index (χ2v) is 13.8. The van der Waals surface area contributed by atoms with Crippen LogP contribution in [0.2, 0.25) is 0 Å². The van der Waals surface area contributed by atoms with E-state index in [1.54, 1.807) is 17.0 Å². The predicted molar refractivity (Wildman–Crippen MR) is 209 cm³/mol. The van der Waals surface area contributed by atoms with Gasteiger partial charge in [-0.1, -0.05) is 67.6 Å². The molecule has 1 aliphatic carbocycles. The number of benzene rings is 2. The molecule has 5 atom stereocenters. The molecule has 5 heterocycles. The van der Waals surface area contributed by atoms with Crippen LogP contribution >= 0.6 is 12.4 Å². The molecule has 4 aromatic heterocycles. The minimum absolute atomic E-state index is 0. The number of amides is 2. The van der Waals surface area contributed by atoms with E-state index in [1.807, 2.05) is 54.3 Å². The Balaban J connectivity index is 0.00000480. The number of imidazole rings is 1. The molecule has 5 N–H and O–H groups in total. The molecule has 0 bridgehead atoms. The lowest BCUT2D eigenvalue weighted by molar-refractivity contribution is 0.00473. The third-order valence-corrected chi connectivity index (χ3v) is 10.3. The number of rotatable bonds is 11. The van der Waals surface area contributed by atoms with Crippen molar-refractivity contribution in [2.24, 2.45) is 0 Å². The van der Waals surface area contributed by atoms with Crippen LogP contribution in [0.3, 0.4) is 0 Å². The number of aliphatic hydroxyl groups excluding tert-OH is 2. The average Bonchev–Trinajstić information content (AvgIpc) is 4.03. The second kappa shape index (κ2) is 16.7. The molecular weight excluding hydrogens is 736 g/mol. The molecule has 18 heteroatoms. The first kappa shape index (κ1) is 38.1. The fourth-order valence-corrected chi connectivity index (χ4v) is 7.38. The van der Waals surface area contributed by atoms with Crippen LogP contribution in [-0.2, 0) is 6.42 Å². The number of aliphatic hydroxyl groups is 2. The maximum atomic E-state index is 12.9. The topological polar surface area (TPSA) is 221 Å². The van der Waals surface area contributed by atoms with Crippen molar-refractivity contribution in [3.05, 3.63) is 108 Å². The largest absolute Gasteiger partial charge is 0.388 e. The summed E-state index contributed by atoms with van der Waals surface area (Å²) in [6, 6.07) is 23.9. The number of tetrazole rings is 1. The first-order chi connectivity index (χ1) is 26.9. The Morgan fingerprint density at radius 1 is 0.982 bits per heavy atom. The van der Waals surface area contributed by atoms with Crippen molar-refractivity contribution < 1.29 is 15.0 Å². The molecule has 17 nitrogen and oxygen atoms in total. The van der Waals surface area contributed by atoms with E-state index < -0.39 is 24.3 Å². The lowest BCUT2D eigenvalue weighted by Crippen LogP contribution is -2.40. The van der Waals surface area contributed by atoms with Gasteiger partial charge in [0, 0.05) is 38.0 Å². The van der Waals surface area contributed by atoms with Gasteiger partial charge in [-0.15, -0.1) is 22.6 Å². The maximum Gasteiger partial charge on any atom is 0.319 e. The molecule has 0 unspecified atom stereocenters. The number of pyridine rings is 1. The fourth-order valence-electron chi connectivity index (χ4n) is 7.38. The standard InChI is InChI=1S/C38H40N14O3.ClH/c1-2-31-47-49-52(48-31)30-17-29(33(53)34(30)54)51-22-42-32-35(41-20-28(23-9-5-3-6-10-23)24-11-7-4-8-12-24)45-37(46-36(32)51)50-16-15-27(21-50)44-38(55)43-26-14-13-25(18-39)40-19-26;/h3-14,19,22,27-30,33-34,53-54H,2,15-17,20-21H2,1H3,(H,41,45,46)(H2,43,44,55);1H/t27-,29-,30+,33+,34-;/m1./s1. The van der Waals surface area contributed by atoms with Gasteiger partial charge < -0.3 is 35.6 Å². The highest BCUT2D eigenvalue weighted by atomic mass is 35.5. The monoisotopic (exact) mass is 776 g/mol. The third-order valence-electron chi connectivity index (χ3n) is 10.3. The summed E-state index contributed by atoms with van der Waals surface area (Å²) < 4.78 is 1.80. The van der Waals surface area contributed by atoms with Gasteiger partial charge in [0.2, 0.25) is 5.95 Å². The summed E-state index contributed by atoms with van der Waals surface area (Å²) in [5.41, 5.74) is 4.02. The van der Waals surface area contributed by atoms with Crippen LogP contribution < -0.4 is 20.9 Å². The predicted octanol–water partition coefficient (Wildman–Crippen LogP) is 3.62. The second-order valence-electron chi connectivity index (χ2n) is 13.8. The molecule has 56 heavy (non-hydrogen) atoms. The van der Waals surface area contributed by atoms with E-state index in [0.717, 1.165) is 11.1 Å². The van der Waals surface area contributed by atoms with Crippen molar-refractivity contribution in [3.8, 4) is 6.07 Å². The molecule has 0 spiro atoms. The number of hydrogen-bond donors (Lipinski definition) is 5. The Morgan fingerprint density at radius 3 is 2.38 bits per heavy atom. The van der Waals surface area contributed by atoms with E-state index in [0.29, 0.717) is 73.3 Å². The zero-order valence-electron chi connectivity index (χ0n) is 30.4. The Morgan fingerprint density at radius 2 is 1.71 bits per heavy atom. The number of nitrogens with one attached hydrogen (secondary N) is 3. The summed E-state index contributed by atoms with van der Waals surface area (Å²) in [7, 11) is 0. The highest BCUT2D eigenvalue weighted by Crippen LogP contribution is 2.40. The first-order valence-corrected chi connectivity index (χ1v) is 18.3. The van der Waals surface area contributed by atoms with Gasteiger partial charge in [0.1, 0.15) is 30.0 Å². The lowest BCUT2D eigenvalue weighted by atomic mass is 9.91. The number of fused-ring (bicyclic) bond motifs is 1. The Bertz CT molecular complexity index is 2260. The number of urea groups is 1. The molecule has 2 fully saturated rings. The number of carbonyl (C=O) groups excluding carboxylic acids is 1. The number of halogens is 1. The molecule has 1 aliphatic heterocycles. The summed E-state index contributed by atoms with van der Waals surface area (Å²) in [5, 5.41) is 53.6. The summed E-state index contributed by atoms with van der Waals surface area (Å²) in [6.07, 6.45) is 2.33. The van der Waals surface area contributed by atoms with Gasteiger partial charge in [-0.2, -0.15) is 20.0 Å². The Kier molecular flexibility index (Phi) is 11.3. The number of aromatic nitrogens is 9. The van der Waals surface area contributed by atoms with E-state index in [9.17, 15) is 15.0 Å². The minimum Gasteiger partial charge on any atom is -0.388 e. The van der Waals surface area contributed by atoms with Crippen molar-refractivity contribution in [2.75, 3.05) is 35.2 Å². The van der Waals surface area contributed by atoms with E-state index in [-0.39, 0.29) is 36.1 Å². The van der Waals surface area contributed by atoms with Crippen LogP contribution in [0.1, 0.15) is 60.4 Å². The van der Waals surface area contributed by atoms with E-state index in [1.165, 1.54) is 17.1 Å². The van der Waals surface area contributed by atoms with Crippen LogP contribution in [0, 0.1) is 11.3 Å². The number of aryl methyl sites for hydroxylation is 1.